The van der Waals surface area contributed by atoms with Crippen LogP contribution >= 0.6 is 0 Å². The van der Waals surface area contributed by atoms with E-state index < -0.39 is 0 Å². The van der Waals surface area contributed by atoms with Crippen LogP contribution in [0.25, 0.3) is 6.08 Å². The Bertz CT molecular complexity index is 348. The molecule has 1 heteroatoms. The third-order valence-electron chi connectivity index (χ3n) is 3.41. The maximum atomic E-state index is 5.86. The van der Waals surface area contributed by atoms with Crippen molar-refractivity contribution in [2.45, 2.75) is 38.0 Å². The molecule has 2 rings (SSSR count). The van der Waals surface area contributed by atoms with Crippen LogP contribution in [-0.4, -0.2) is 0 Å². The van der Waals surface area contributed by atoms with E-state index in [4.69, 9.17) is 5.73 Å². The minimum Gasteiger partial charge on any atom is -0.398 e. The van der Waals surface area contributed by atoms with Crippen molar-refractivity contribution in [3.8, 4) is 0 Å². The summed E-state index contributed by atoms with van der Waals surface area (Å²) < 4.78 is 0. The van der Waals surface area contributed by atoms with Crippen LogP contribution in [0.3, 0.4) is 0 Å². The summed E-state index contributed by atoms with van der Waals surface area (Å²) in [6, 6.07) is 6.40. The van der Waals surface area contributed by atoms with Crippen LogP contribution < -0.4 is 5.73 Å². The van der Waals surface area contributed by atoms with E-state index in [0.717, 1.165) is 17.2 Å². The molecule has 0 atom stereocenters. The number of nitrogens with two attached hydrogens (primary N) is 1. The molecule has 1 nitrogen and oxygen atoms in total. The van der Waals surface area contributed by atoms with Gasteiger partial charge in [-0.05, 0) is 42.0 Å². The van der Waals surface area contributed by atoms with Crippen molar-refractivity contribution >= 4 is 11.8 Å². The Morgan fingerprint density at radius 2 is 1.93 bits per heavy atom. The highest BCUT2D eigenvalue weighted by molar-refractivity contribution is 5.64. The van der Waals surface area contributed by atoms with Crippen molar-refractivity contribution < 1.29 is 0 Å². The predicted molar refractivity (Wildman–Crippen MR) is 66.8 cm³/mol. The highest BCUT2D eigenvalue weighted by Crippen LogP contribution is 2.33. The minimum absolute atomic E-state index is 0.748. The molecule has 0 aromatic heterocycles. The third kappa shape index (κ3) is 2.23. The Morgan fingerprint density at radius 1 is 1.20 bits per heavy atom. The lowest BCUT2D eigenvalue weighted by Crippen LogP contribution is -2.05. The number of hydrogen-bond donors (Lipinski definition) is 1. The predicted octanol–water partition coefficient (Wildman–Crippen LogP) is 3.96. The third-order valence-corrected chi connectivity index (χ3v) is 3.41. The van der Waals surface area contributed by atoms with Crippen LogP contribution in [0.2, 0.25) is 0 Å². The molecule has 1 aliphatic rings. The Hall–Kier alpha value is -1.24. The summed E-state index contributed by atoms with van der Waals surface area (Å²) in [6.45, 7) is 3.80. The molecule has 80 valence electrons. The first-order chi connectivity index (χ1) is 7.31. The Morgan fingerprint density at radius 3 is 2.60 bits per heavy atom. The second-order valence-electron chi connectivity index (χ2n) is 4.43. The van der Waals surface area contributed by atoms with Crippen LogP contribution in [0.4, 0.5) is 5.69 Å². The van der Waals surface area contributed by atoms with Crippen molar-refractivity contribution in [3.63, 3.8) is 0 Å². The Kier molecular flexibility index (Phi) is 3.10. The lowest BCUT2D eigenvalue weighted by Gasteiger charge is -2.22. The normalized spacial score (nSPS) is 17.6. The quantitative estimate of drug-likeness (QED) is 0.720. The average Bonchev–Trinajstić information content (AvgIpc) is 2.31. The molecule has 0 saturated heterocycles. The van der Waals surface area contributed by atoms with Crippen molar-refractivity contribution in [1.29, 1.82) is 0 Å². The summed E-state index contributed by atoms with van der Waals surface area (Å²) in [5.74, 6) is 0.748. The number of hydrogen-bond acceptors (Lipinski definition) is 1. The topological polar surface area (TPSA) is 26.0 Å². The Balaban J connectivity index is 2.23. The average molecular weight is 201 g/mol. The van der Waals surface area contributed by atoms with E-state index >= 15 is 0 Å². The zero-order valence-electron chi connectivity index (χ0n) is 9.21. The number of rotatable bonds is 2. The maximum Gasteiger partial charge on any atom is 0.0387 e. The van der Waals surface area contributed by atoms with Gasteiger partial charge in [-0.15, -0.1) is 0 Å². The van der Waals surface area contributed by atoms with Gasteiger partial charge in [-0.2, -0.15) is 0 Å². The maximum absolute atomic E-state index is 5.86. The summed E-state index contributed by atoms with van der Waals surface area (Å²) >= 11 is 0. The van der Waals surface area contributed by atoms with Gasteiger partial charge in [-0.1, -0.05) is 38.0 Å². The monoisotopic (exact) mass is 201 g/mol. The van der Waals surface area contributed by atoms with Gasteiger partial charge in [-0.25, -0.2) is 0 Å². The van der Waals surface area contributed by atoms with Gasteiger partial charge in [0.05, 0.1) is 0 Å². The molecule has 1 aromatic carbocycles. The van der Waals surface area contributed by atoms with Gasteiger partial charge < -0.3 is 5.73 Å². The van der Waals surface area contributed by atoms with E-state index in [2.05, 4.69) is 18.7 Å². The minimum atomic E-state index is 0.748. The SMILES string of the molecule is C=Cc1cc(C2CCCCC2)ccc1N. The summed E-state index contributed by atoms with van der Waals surface area (Å²) in [7, 11) is 0. The first-order valence-electron chi connectivity index (χ1n) is 5.83. The van der Waals surface area contributed by atoms with Gasteiger partial charge in [0.2, 0.25) is 0 Å². The summed E-state index contributed by atoms with van der Waals surface area (Å²) in [6.07, 6.45) is 8.67. The van der Waals surface area contributed by atoms with E-state index in [1.54, 1.807) is 0 Å². The van der Waals surface area contributed by atoms with Gasteiger partial charge >= 0.3 is 0 Å². The zero-order chi connectivity index (χ0) is 10.7. The first kappa shape index (κ1) is 10.3. The number of anilines is 1. The van der Waals surface area contributed by atoms with Gasteiger partial charge in [-0.3, -0.25) is 0 Å². The van der Waals surface area contributed by atoms with Crippen molar-refractivity contribution in [1.82, 2.24) is 0 Å². The lowest BCUT2D eigenvalue weighted by atomic mass is 9.83. The van der Waals surface area contributed by atoms with Gasteiger partial charge in [0.15, 0.2) is 0 Å². The molecule has 1 aliphatic carbocycles. The van der Waals surface area contributed by atoms with Crippen LogP contribution in [0.15, 0.2) is 24.8 Å². The van der Waals surface area contributed by atoms with Crippen molar-refractivity contribution in [3.05, 3.63) is 35.9 Å². The van der Waals surface area contributed by atoms with E-state index in [9.17, 15) is 0 Å². The van der Waals surface area contributed by atoms with Crippen LogP contribution in [-0.2, 0) is 0 Å². The van der Waals surface area contributed by atoms with E-state index in [0.29, 0.717) is 0 Å². The summed E-state index contributed by atoms with van der Waals surface area (Å²) in [4.78, 5) is 0. The molecule has 0 spiro atoms. The van der Waals surface area contributed by atoms with Gasteiger partial charge in [0.25, 0.3) is 0 Å². The van der Waals surface area contributed by atoms with E-state index in [1.807, 2.05) is 12.1 Å². The second kappa shape index (κ2) is 4.52. The molecular weight excluding hydrogens is 182 g/mol. The smallest absolute Gasteiger partial charge is 0.0387 e. The molecule has 0 heterocycles. The number of nitrogen functional groups attached to an aromatic ring is 1. The van der Waals surface area contributed by atoms with Crippen LogP contribution in [0.1, 0.15) is 49.1 Å². The van der Waals surface area contributed by atoms with E-state index in [-0.39, 0.29) is 0 Å². The van der Waals surface area contributed by atoms with Crippen molar-refractivity contribution in [2.24, 2.45) is 0 Å². The second-order valence-corrected chi connectivity index (χ2v) is 4.43. The highest BCUT2D eigenvalue weighted by atomic mass is 14.6. The van der Waals surface area contributed by atoms with Crippen molar-refractivity contribution in [2.75, 3.05) is 5.73 Å². The molecule has 1 fully saturated rings. The fraction of sp³-hybridized carbons (Fsp3) is 0.429. The van der Waals surface area contributed by atoms with Gasteiger partial charge in [0.1, 0.15) is 0 Å². The van der Waals surface area contributed by atoms with E-state index in [1.165, 1.54) is 37.7 Å². The van der Waals surface area contributed by atoms with Gasteiger partial charge in [0, 0.05) is 5.69 Å². The summed E-state index contributed by atoms with van der Waals surface area (Å²) in [5.41, 5.74) is 9.22. The first-order valence-corrected chi connectivity index (χ1v) is 5.83. The Labute approximate surface area is 92.0 Å². The molecule has 2 N–H and O–H groups in total. The highest BCUT2D eigenvalue weighted by Gasteiger charge is 2.15. The largest absolute Gasteiger partial charge is 0.398 e. The van der Waals surface area contributed by atoms with Crippen LogP contribution in [0.5, 0.6) is 0 Å². The molecule has 15 heavy (non-hydrogen) atoms. The van der Waals surface area contributed by atoms with Crippen LogP contribution in [0, 0.1) is 0 Å². The molecule has 0 aliphatic heterocycles. The molecule has 0 unspecified atom stereocenters. The molecular formula is C14H19N. The molecule has 0 amide bonds. The molecule has 0 bridgehead atoms. The fourth-order valence-electron chi connectivity index (χ4n) is 2.46. The molecule has 1 aromatic rings. The molecule has 0 radical (unpaired) electrons. The zero-order valence-corrected chi connectivity index (χ0v) is 9.21. The molecule has 1 saturated carbocycles. The standard InChI is InChI=1S/C14H19N/c1-2-11-10-13(8-9-14(11)15)12-6-4-3-5-7-12/h2,8-10,12H,1,3-7,15H2. The number of benzene rings is 1. The fourth-order valence-corrected chi connectivity index (χ4v) is 2.46. The lowest BCUT2D eigenvalue weighted by molar-refractivity contribution is 0.443. The summed E-state index contributed by atoms with van der Waals surface area (Å²) in [5, 5.41) is 0.